The Morgan fingerprint density at radius 1 is 1.37 bits per heavy atom. The number of esters is 1. The molecule has 1 aliphatic heterocycles. The van der Waals surface area contributed by atoms with Gasteiger partial charge in [-0.2, -0.15) is 0 Å². The smallest absolute Gasteiger partial charge is 0.336 e. The van der Waals surface area contributed by atoms with Gasteiger partial charge in [-0.05, 0) is 37.7 Å². The zero-order valence-electron chi connectivity index (χ0n) is 14.9. The van der Waals surface area contributed by atoms with E-state index >= 15 is 0 Å². The molecule has 0 bridgehead atoms. The highest BCUT2D eigenvalue weighted by Crippen LogP contribution is 2.45. The summed E-state index contributed by atoms with van der Waals surface area (Å²) in [6.45, 7) is 3.90. The van der Waals surface area contributed by atoms with Crippen molar-refractivity contribution in [2.45, 2.75) is 19.8 Å². The van der Waals surface area contributed by atoms with Crippen LogP contribution in [0, 0.1) is 4.77 Å². The SMILES string of the molecule is CCOC(=O)C1=C(C)Nc2nc(=S)[nH]c(N)c2C1c1c[nH]c2ccccc12. The predicted octanol–water partition coefficient (Wildman–Crippen LogP) is 3.60. The van der Waals surface area contributed by atoms with E-state index < -0.39 is 5.92 Å². The lowest BCUT2D eigenvalue weighted by Crippen LogP contribution is -2.26. The third kappa shape index (κ3) is 2.78. The van der Waals surface area contributed by atoms with E-state index in [1.165, 1.54) is 0 Å². The van der Waals surface area contributed by atoms with Crippen LogP contribution in [-0.2, 0) is 9.53 Å². The van der Waals surface area contributed by atoms with Crippen LogP contribution in [0.1, 0.15) is 30.9 Å². The van der Waals surface area contributed by atoms with Crippen molar-refractivity contribution in [3.8, 4) is 0 Å². The number of H-pyrrole nitrogens is 2. The van der Waals surface area contributed by atoms with Gasteiger partial charge in [-0.3, -0.25) is 0 Å². The zero-order valence-corrected chi connectivity index (χ0v) is 15.7. The first-order chi connectivity index (χ1) is 13.0. The Morgan fingerprint density at radius 3 is 2.93 bits per heavy atom. The molecule has 0 saturated heterocycles. The van der Waals surface area contributed by atoms with Gasteiger partial charge in [-0.25, -0.2) is 9.78 Å². The number of allylic oxidation sites excluding steroid dienone is 1. The third-order valence-corrected chi connectivity index (χ3v) is 4.91. The lowest BCUT2D eigenvalue weighted by atomic mass is 9.82. The minimum atomic E-state index is -0.434. The quantitative estimate of drug-likeness (QED) is 0.408. The van der Waals surface area contributed by atoms with Crippen molar-refractivity contribution >= 4 is 40.7 Å². The molecule has 0 aliphatic carbocycles. The molecule has 0 spiro atoms. The molecular weight excluding hydrogens is 362 g/mol. The predicted molar refractivity (Wildman–Crippen MR) is 107 cm³/mol. The second kappa shape index (κ2) is 6.55. The number of nitrogens with zero attached hydrogens (tertiary/aromatic N) is 1. The monoisotopic (exact) mass is 381 g/mol. The standard InChI is InChI=1S/C19H19N5O2S/c1-3-26-18(25)13-9(2)22-17-15(16(20)23-19(27)24-17)14(13)11-8-21-12-7-5-4-6-10(11)12/h4-8,14,21H,3H2,1-2H3,(H4,20,22,23,24,27). The van der Waals surface area contributed by atoms with E-state index in [0.29, 0.717) is 28.5 Å². The van der Waals surface area contributed by atoms with E-state index in [2.05, 4.69) is 20.3 Å². The van der Waals surface area contributed by atoms with E-state index in [0.717, 1.165) is 16.5 Å². The molecule has 4 rings (SSSR count). The Labute approximate surface area is 160 Å². The number of anilines is 2. The van der Waals surface area contributed by atoms with Crippen LogP contribution in [-0.4, -0.2) is 27.5 Å². The van der Waals surface area contributed by atoms with Crippen molar-refractivity contribution < 1.29 is 9.53 Å². The number of nitrogen functional groups attached to an aromatic ring is 1. The summed E-state index contributed by atoms with van der Waals surface area (Å²) < 4.78 is 5.61. The Kier molecular flexibility index (Phi) is 4.19. The Bertz CT molecular complexity index is 1140. The van der Waals surface area contributed by atoms with Crippen LogP contribution in [0.3, 0.4) is 0 Å². The molecule has 1 aromatic carbocycles. The van der Waals surface area contributed by atoms with Crippen LogP contribution in [0.2, 0.25) is 0 Å². The number of hydrogen-bond acceptors (Lipinski definition) is 6. The van der Waals surface area contributed by atoms with E-state index in [4.69, 9.17) is 22.7 Å². The summed E-state index contributed by atoms with van der Waals surface area (Å²) in [6, 6.07) is 7.92. The van der Waals surface area contributed by atoms with E-state index in [1.807, 2.05) is 37.4 Å². The van der Waals surface area contributed by atoms with Crippen molar-refractivity contribution in [2.24, 2.45) is 0 Å². The summed E-state index contributed by atoms with van der Waals surface area (Å²) in [5, 5.41) is 4.17. The summed E-state index contributed by atoms with van der Waals surface area (Å²) in [5.74, 6) is 0.111. The minimum absolute atomic E-state index is 0.281. The molecule has 0 fully saturated rings. The zero-order chi connectivity index (χ0) is 19.1. The maximum atomic E-state index is 12.8. The van der Waals surface area contributed by atoms with Crippen molar-refractivity contribution in [3.05, 3.63) is 57.6 Å². The van der Waals surface area contributed by atoms with Gasteiger partial charge >= 0.3 is 5.97 Å². The molecule has 138 valence electrons. The van der Waals surface area contributed by atoms with Gasteiger partial charge in [0.15, 0.2) is 4.77 Å². The number of aromatic amines is 2. The number of aromatic nitrogens is 3. The normalized spacial score (nSPS) is 16.1. The molecule has 7 nitrogen and oxygen atoms in total. The van der Waals surface area contributed by atoms with Crippen LogP contribution in [0.4, 0.5) is 11.6 Å². The number of carbonyl (C=O) groups is 1. The average Bonchev–Trinajstić information content (AvgIpc) is 3.04. The molecular formula is C19H19N5O2S. The molecule has 2 aromatic heterocycles. The Balaban J connectivity index is 2.02. The summed E-state index contributed by atoms with van der Waals surface area (Å²) in [4.78, 5) is 23.4. The van der Waals surface area contributed by atoms with Crippen molar-refractivity contribution in [3.63, 3.8) is 0 Å². The molecule has 0 saturated carbocycles. The first-order valence-electron chi connectivity index (χ1n) is 8.61. The molecule has 1 aliphatic rings. The van der Waals surface area contributed by atoms with E-state index in [1.54, 1.807) is 6.92 Å². The van der Waals surface area contributed by atoms with Crippen LogP contribution in [0.5, 0.6) is 0 Å². The summed E-state index contributed by atoms with van der Waals surface area (Å²) in [5.41, 5.74) is 10.0. The van der Waals surface area contributed by atoms with E-state index in [-0.39, 0.29) is 17.3 Å². The van der Waals surface area contributed by atoms with Crippen molar-refractivity contribution in [1.82, 2.24) is 15.0 Å². The molecule has 1 unspecified atom stereocenters. The fourth-order valence-corrected chi connectivity index (χ4v) is 3.82. The molecule has 1 atom stereocenters. The van der Waals surface area contributed by atoms with Gasteiger partial charge in [0, 0.05) is 28.4 Å². The number of nitrogens with one attached hydrogen (secondary N) is 3. The Morgan fingerprint density at radius 2 is 2.15 bits per heavy atom. The average molecular weight is 381 g/mol. The molecule has 0 radical (unpaired) electrons. The molecule has 8 heteroatoms. The highest BCUT2D eigenvalue weighted by Gasteiger charge is 2.37. The number of benzene rings is 1. The number of fused-ring (bicyclic) bond motifs is 2. The van der Waals surface area contributed by atoms with Gasteiger partial charge in [0.2, 0.25) is 0 Å². The minimum Gasteiger partial charge on any atom is -0.463 e. The molecule has 0 amide bonds. The lowest BCUT2D eigenvalue weighted by molar-refractivity contribution is -0.138. The van der Waals surface area contributed by atoms with E-state index in [9.17, 15) is 4.79 Å². The second-order valence-electron chi connectivity index (χ2n) is 6.32. The van der Waals surface area contributed by atoms with Crippen molar-refractivity contribution in [2.75, 3.05) is 17.7 Å². The van der Waals surface area contributed by atoms with Gasteiger partial charge in [-0.15, -0.1) is 0 Å². The number of nitrogens with two attached hydrogens (primary N) is 1. The molecule has 3 heterocycles. The number of rotatable bonds is 3. The summed E-state index contributed by atoms with van der Waals surface area (Å²) in [7, 11) is 0. The van der Waals surface area contributed by atoms with Crippen LogP contribution in [0.25, 0.3) is 10.9 Å². The number of para-hydroxylation sites is 1. The van der Waals surface area contributed by atoms with Gasteiger partial charge in [-0.1, -0.05) is 18.2 Å². The number of hydrogen-bond donors (Lipinski definition) is 4. The van der Waals surface area contributed by atoms with Gasteiger partial charge in [0.1, 0.15) is 11.6 Å². The highest BCUT2D eigenvalue weighted by atomic mass is 32.1. The topological polar surface area (TPSA) is 109 Å². The Hall–Kier alpha value is -3.13. The van der Waals surface area contributed by atoms with Crippen LogP contribution < -0.4 is 11.1 Å². The summed E-state index contributed by atoms with van der Waals surface area (Å²) in [6.07, 6.45) is 1.90. The van der Waals surface area contributed by atoms with Crippen LogP contribution in [0.15, 0.2) is 41.7 Å². The third-order valence-electron chi connectivity index (χ3n) is 4.72. The lowest BCUT2D eigenvalue weighted by Gasteiger charge is -2.29. The van der Waals surface area contributed by atoms with Crippen molar-refractivity contribution in [1.29, 1.82) is 0 Å². The summed E-state index contributed by atoms with van der Waals surface area (Å²) >= 11 is 5.16. The maximum Gasteiger partial charge on any atom is 0.336 e. The maximum absolute atomic E-state index is 12.8. The highest BCUT2D eigenvalue weighted by molar-refractivity contribution is 7.71. The van der Waals surface area contributed by atoms with Gasteiger partial charge in [0.25, 0.3) is 0 Å². The fraction of sp³-hybridized carbons (Fsp3) is 0.211. The molecule has 27 heavy (non-hydrogen) atoms. The number of carbonyl (C=O) groups excluding carboxylic acids is 1. The fourth-order valence-electron chi connectivity index (χ4n) is 3.62. The first-order valence-corrected chi connectivity index (χ1v) is 9.02. The van der Waals surface area contributed by atoms with Gasteiger partial charge < -0.3 is 25.8 Å². The second-order valence-corrected chi connectivity index (χ2v) is 6.71. The van der Waals surface area contributed by atoms with Crippen LogP contribution >= 0.6 is 12.2 Å². The largest absolute Gasteiger partial charge is 0.463 e. The van der Waals surface area contributed by atoms with Gasteiger partial charge in [0.05, 0.1) is 18.1 Å². The number of ether oxygens (including phenoxy) is 1. The molecule has 3 aromatic rings. The molecule has 5 N–H and O–H groups in total. The first kappa shape index (κ1) is 17.3.